The topological polar surface area (TPSA) is 46.2 Å². The molecule has 3 atom stereocenters. The predicted octanol–water partition coefficient (Wildman–Crippen LogP) is 3.44. The molecule has 0 saturated heterocycles. The highest BCUT2D eigenvalue weighted by Gasteiger charge is 2.34. The quantitative estimate of drug-likeness (QED) is 0.889. The second-order valence-corrected chi connectivity index (χ2v) is 7.85. The van der Waals surface area contributed by atoms with Gasteiger partial charge in [-0.3, -0.25) is 0 Å². The summed E-state index contributed by atoms with van der Waals surface area (Å²) < 4.78 is 53.8. The molecule has 1 aromatic carbocycles. The summed E-state index contributed by atoms with van der Waals surface area (Å²) in [5.41, 5.74) is 0. The summed E-state index contributed by atoms with van der Waals surface area (Å²) in [7, 11) is -4.02. The van der Waals surface area contributed by atoms with Crippen LogP contribution in [0.2, 0.25) is 0 Å². The fourth-order valence-corrected chi connectivity index (χ4v) is 5.10. The Morgan fingerprint density at radius 3 is 2.40 bits per heavy atom. The van der Waals surface area contributed by atoms with E-state index in [2.05, 4.69) is 27.6 Å². The van der Waals surface area contributed by atoms with E-state index in [4.69, 9.17) is 0 Å². The molecular weight excluding hydrogens is 352 g/mol. The minimum Gasteiger partial charge on any atom is -0.208 e. The smallest absolute Gasteiger partial charge is 0.208 e. The Hall–Kier alpha value is -0.530. The first kappa shape index (κ1) is 15.9. The zero-order valence-electron chi connectivity index (χ0n) is 11.2. The summed E-state index contributed by atoms with van der Waals surface area (Å²) in [6.07, 6.45) is 1.66. The Kier molecular flexibility index (Phi) is 4.51. The molecule has 20 heavy (non-hydrogen) atoms. The standard InChI is InChI=1S/C13H16BrF2NO2S/c1-7-3-4-12(8(7)2)17-20(18,19)13-10(14)5-9(15)6-11(13)16/h5-8,12,17H,3-4H2,1-2H3. The van der Waals surface area contributed by atoms with Crippen molar-refractivity contribution in [3.8, 4) is 0 Å². The molecule has 3 nitrogen and oxygen atoms in total. The van der Waals surface area contributed by atoms with Crippen molar-refractivity contribution in [2.24, 2.45) is 11.8 Å². The molecule has 0 radical (unpaired) electrons. The van der Waals surface area contributed by atoms with Gasteiger partial charge in [0.15, 0.2) is 0 Å². The Balaban J connectivity index is 2.32. The molecule has 7 heteroatoms. The fraction of sp³-hybridized carbons (Fsp3) is 0.538. The van der Waals surface area contributed by atoms with Crippen LogP contribution >= 0.6 is 15.9 Å². The molecule has 1 aliphatic carbocycles. The van der Waals surface area contributed by atoms with Gasteiger partial charge in [0.1, 0.15) is 16.5 Å². The third-order valence-corrected chi connectivity index (χ3v) is 6.46. The van der Waals surface area contributed by atoms with Crippen LogP contribution < -0.4 is 4.72 Å². The number of nitrogens with one attached hydrogen (secondary N) is 1. The molecular formula is C13H16BrF2NO2S. The van der Waals surface area contributed by atoms with Crippen molar-refractivity contribution in [1.29, 1.82) is 0 Å². The highest BCUT2D eigenvalue weighted by molar-refractivity contribution is 9.10. The molecule has 0 amide bonds. The van der Waals surface area contributed by atoms with E-state index < -0.39 is 26.6 Å². The molecule has 0 spiro atoms. The maximum absolute atomic E-state index is 13.8. The third kappa shape index (κ3) is 3.04. The molecule has 2 rings (SSSR count). The summed E-state index contributed by atoms with van der Waals surface area (Å²) >= 11 is 2.91. The highest BCUT2D eigenvalue weighted by Crippen LogP contribution is 2.33. The average Bonchev–Trinajstić information content (AvgIpc) is 2.58. The molecule has 1 aliphatic rings. The van der Waals surface area contributed by atoms with Crippen LogP contribution in [-0.4, -0.2) is 14.5 Å². The van der Waals surface area contributed by atoms with E-state index in [9.17, 15) is 17.2 Å². The van der Waals surface area contributed by atoms with E-state index in [-0.39, 0.29) is 16.4 Å². The van der Waals surface area contributed by atoms with Gasteiger partial charge in [-0.05, 0) is 46.7 Å². The summed E-state index contributed by atoms with van der Waals surface area (Å²) in [6, 6.07) is 1.30. The lowest BCUT2D eigenvalue weighted by Crippen LogP contribution is -2.37. The molecule has 0 bridgehead atoms. The van der Waals surface area contributed by atoms with Crippen LogP contribution in [-0.2, 0) is 10.0 Å². The maximum Gasteiger partial charge on any atom is 0.244 e. The van der Waals surface area contributed by atoms with Gasteiger partial charge in [0.05, 0.1) is 0 Å². The van der Waals surface area contributed by atoms with Crippen molar-refractivity contribution >= 4 is 26.0 Å². The number of rotatable bonds is 3. The van der Waals surface area contributed by atoms with Gasteiger partial charge in [-0.25, -0.2) is 21.9 Å². The van der Waals surface area contributed by atoms with Crippen LogP contribution in [0.1, 0.15) is 26.7 Å². The minimum absolute atomic E-state index is 0.110. The third-order valence-electron chi connectivity index (χ3n) is 4.00. The van der Waals surface area contributed by atoms with E-state index >= 15 is 0 Å². The SMILES string of the molecule is CC1CCC(NS(=O)(=O)c2c(F)cc(F)cc2Br)C1C. The molecule has 1 fully saturated rings. The predicted molar refractivity (Wildman–Crippen MR) is 75.7 cm³/mol. The van der Waals surface area contributed by atoms with Gasteiger partial charge in [0.2, 0.25) is 10.0 Å². The Morgan fingerprint density at radius 2 is 1.90 bits per heavy atom. The lowest BCUT2D eigenvalue weighted by Gasteiger charge is -2.20. The first-order chi connectivity index (χ1) is 9.22. The van der Waals surface area contributed by atoms with Gasteiger partial charge in [-0.1, -0.05) is 13.8 Å². The van der Waals surface area contributed by atoms with Gasteiger partial charge in [-0.2, -0.15) is 0 Å². The normalized spacial score (nSPS) is 26.9. The number of halogens is 3. The molecule has 112 valence electrons. The van der Waals surface area contributed by atoms with Crippen molar-refractivity contribution in [1.82, 2.24) is 4.72 Å². The first-order valence-electron chi connectivity index (χ1n) is 6.39. The van der Waals surface area contributed by atoms with Crippen molar-refractivity contribution < 1.29 is 17.2 Å². The van der Waals surface area contributed by atoms with Gasteiger partial charge >= 0.3 is 0 Å². The van der Waals surface area contributed by atoms with E-state index in [1.165, 1.54) is 0 Å². The number of hydrogen-bond acceptors (Lipinski definition) is 2. The second-order valence-electron chi connectivity index (χ2n) is 5.34. The molecule has 0 heterocycles. The first-order valence-corrected chi connectivity index (χ1v) is 8.67. The van der Waals surface area contributed by atoms with Crippen LogP contribution in [0.25, 0.3) is 0 Å². The summed E-state index contributed by atoms with van der Waals surface area (Å²) in [6.45, 7) is 4.04. The van der Waals surface area contributed by atoms with Crippen molar-refractivity contribution in [2.45, 2.75) is 37.6 Å². The Labute approximate surface area is 125 Å². The Morgan fingerprint density at radius 1 is 1.25 bits per heavy atom. The zero-order chi connectivity index (χ0) is 15.1. The molecule has 0 aliphatic heterocycles. The summed E-state index contributed by atoms with van der Waals surface area (Å²) in [4.78, 5) is -0.536. The van der Waals surface area contributed by atoms with Gasteiger partial charge in [-0.15, -0.1) is 0 Å². The molecule has 3 unspecified atom stereocenters. The molecule has 0 aromatic heterocycles. The number of benzene rings is 1. The highest BCUT2D eigenvalue weighted by atomic mass is 79.9. The van der Waals surface area contributed by atoms with Crippen molar-refractivity contribution in [3.05, 3.63) is 28.2 Å². The number of hydrogen-bond donors (Lipinski definition) is 1. The Bertz CT molecular complexity index is 598. The monoisotopic (exact) mass is 367 g/mol. The largest absolute Gasteiger partial charge is 0.244 e. The van der Waals surface area contributed by atoms with Crippen LogP contribution in [0.3, 0.4) is 0 Å². The van der Waals surface area contributed by atoms with Crippen LogP contribution in [0, 0.1) is 23.5 Å². The van der Waals surface area contributed by atoms with E-state index in [0.29, 0.717) is 12.0 Å². The van der Waals surface area contributed by atoms with Gasteiger partial charge < -0.3 is 0 Å². The lowest BCUT2D eigenvalue weighted by molar-refractivity contribution is 0.401. The van der Waals surface area contributed by atoms with E-state index in [1.807, 2.05) is 6.92 Å². The fourth-order valence-electron chi connectivity index (χ4n) is 2.57. The number of sulfonamides is 1. The van der Waals surface area contributed by atoms with E-state index in [0.717, 1.165) is 18.9 Å². The average molecular weight is 368 g/mol. The minimum atomic E-state index is -4.02. The summed E-state index contributed by atoms with van der Waals surface area (Å²) in [5, 5.41) is 0. The van der Waals surface area contributed by atoms with Crippen molar-refractivity contribution in [2.75, 3.05) is 0 Å². The van der Waals surface area contributed by atoms with Crippen LogP contribution in [0.4, 0.5) is 8.78 Å². The molecule has 1 aromatic rings. The lowest BCUT2D eigenvalue weighted by atomic mass is 9.98. The zero-order valence-corrected chi connectivity index (χ0v) is 13.6. The van der Waals surface area contributed by atoms with E-state index in [1.54, 1.807) is 0 Å². The summed E-state index contributed by atoms with van der Waals surface area (Å²) in [5.74, 6) is -1.31. The van der Waals surface area contributed by atoms with Crippen LogP contribution in [0.15, 0.2) is 21.5 Å². The van der Waals surface area contributed by atoms with Crippen molar-refractivity contribution in [3.63, 3.8) is 0 Å². The second kappa shape index (κ2) is 5.69. The molecule has 1 saturated carbocycles. The maximum atomic E-state index is 13.8. The van der Waals surface area contributed by atoms with Gasteiger partial charge in [0, 0.05) is 16.6 Å². The molecule has 1 N–H and O–H groups in total. The van der Waals surface area contributed by atoms with Crippen LogP contribution in [0.5, 0.6) is 0 Å². The van der Waals surface area contributed by atoms with Gasteiger partial charge in [0.25, 0.3) is 0 Å².